The Morgan fingerprint density at radius 3 is 2.65 bits per heavy atom. The molecule has 0 radical (unpaired) electrons. The van der Waals surface area contributed by atoms with E-state index in [4.69, 9.17) is 0 Å². The first-order valence-electron chi connectivity index (χ1n) is 6.50. The summed E-state index contributed by atoms with van der Waals surface area (Å²) in [4.78, 5) is 16.2. The molecule has 1 heterocycles. The molecule has 0 saturated carbocycles. The zero-order valence-electron chi connectivity index (χ0n) is 11.5. The standard InChI is InChI=1S/C15H17FN2OS/c1-10(12-3-5-13(16)6-4-12)9-14(19)18-11(2)15-17-7-8-20-15/h3-8,10-11H,9H2,1-2H3,(H,18,19)/t10?,11-/m0/s1. The van der Waals surface area contributed by atoms with E-state index >= 15 is 0 Å². The average molecular weight is 292 g/mol. The number of thiazole rings is 1. The van der Waals surface area contributed by atoms with Crippen LogP contribution in [0.15, 0.2) is 35.8 Å². The van der Waals surface area contributed by atoms with Gasteiger partial charge in [-0.05, 0) is 30.5 Å². The predicted octanol–water partition coefficient (Wildman–Crippen LogP) is 3.65. The Morgan fingerprint density at radius 1 is 1.35 bits per heavy atom. The fraction of sp³-hybridized carbons (Fsp3) is 0.333. The molecule has 3 nitrogen and oxygen atoms in total. The third-order valence-corrected chi connectivity index (χ3v) is 4.09. The Bertz CT molecular complexity index is 554. The van der Waals surface area contributed by atoms with E-state index in [0.717, 1.165) is 10.6 Å². The maximum Gasteiger partial charge on any atom is 0.221 e. The predicted molar refractivity (Wildman–Crippen MR) is 78.1 cm³/mol. The highest BCUT2D eigenvalue weighted by atomic mass is 32.1. The largest absolute Gasteiger partial charge is 0.347 e. The summed E-state index contributed by atoms with van der Waals surface area (Å²) in [7, 11) is 0. The van der Waals surface area contributed by atoms with Crippen molar-refractivity contribution in [1.82, 2.24) is 10.3 Å². The van der Waals surface area contributed by atoms with Crippen LogP contribution >= 0.6 is 11.3 Å². The van der Waals surface area contributed by atoms with Gasteiger partial charge in [0.25, 0.3) is 0 Å². The summed E-state index contributed by atoms with van der Waals surface area (Å²) in [5.74, 6) is -0.230. The van der Waals surface area contributed by atoms with Gasteiger partial charge in [-0.1, -0.05) is 19.1 Å². The Balaban J connectivity index is 1.89. The molecule has 20 heavy (non-hydrogen) atoms. The molecule has 106 valence electrons. The first kappa shape index (κ1) is 14.7. The second-order valence-corrected chi connectivity index (χ2v) is 5.74. The Hall–Kier alpha value is -1.75. The molecule has 2 aromatic rings. The number of hydrogen-bond acceptors (Lipinski definition) is 3. The van der Waals surface area contributed by atoms with Crippen molar-refractivity contribution in [2.75, 3.05) is 0 Å². The van der Waals surface area contributed by atoms with Gasteiger partial charge in [0, 0.05) is 18.0 Å². The Kier molecular flexibility index (Phi) is 4.84. The van der Waals surface area contributed by atoms with Crippen LogP contribution in [0.5, 0.6) is 0 Å². The maximum absolute atomic E-state index is 12.9. The summed E-state index contributed by atoms with van der Waals surface area (Å²) in [5, 5.41) is 5.71. The van der Waals surface area contributed by atoms with Crippen LogP contribution in [0.2, 0.25) is 0 Å². The van der Waals surface area contributed by atoms with Crippen molar-refractivity contribution in [2.24, 2.45) is 0 Å². The number of aromatic nitrogens is 1. The van der Waals surface area contributed by atoms with Gasteiger partial charge in [-0.15, -0.1) is 11.3 Å². The fourth-order valence-corrected chi connectivity index (χ4v) is 2.64. The highest BCUT2D eigenvalue weighted by Crippen LogP contribution is 2.20. The normalized spacial score (nSPS) is 13.8. The lowest BCUT2D eigenvalue weighted by Gasteiger charge is -2.15. The van der Waals surface area contributed by atoms with Gasteiger partial charge in [0.15, 0.2) is 0 Å². The van der Waals surface area contributed by atoms with Gasteiger partial charge in [0.1, 0.15) is 10.8 Å². The van der Waals surface area contributed by atoms with E-state index in [1.165, 1.54) is 23.5 Å². The zero-order valence-corrected chi connectivity index (χ0v) is 12.3. The number of carbonyl (C=O) groups is 1. The summed E-state index contributed by atoms with van der Waals surface area (Å²) in [6.45, 7) is 3.88. The molecule has 2 atom stereocenters. The third kappa shape index (κ3) is 3.87. The summed E-state index contributed by atoms with van der Waals surface area (Å²) in [5.41, 5.74) is 0.962. The SMILES string of the molecule is CC(CC(=O)N[C@@H](C)c1nccs1)c1ccc(F)cc1. The van der Waals surface area contributed by atoms with Crippen LogP contribution in [0.3, 0.4) is 0 Å². The van der Waals surface area contributed by atoms with E-state index in [9.17, 15) is 9.18 Å². The lowest BCUT2D eigenvalue weighted by Crippen LogP contribution is -2.27. The molecular formula is C15H17FN2OS. The third-order valence-electron chi connectivity index (χ3n) is 3.13. The van der Waals surface area contributed by atoms with Gasteiger partial charge in [0.05, 0.1) is 6.04 Å². The maximum atomic E-state index is 12.9. The van der Waals surface area contributed by atoms with Gasteiger partial charge < -0.3 is 5.32 Å². The smallest absolute Gasteiger partial charge is 0.221 e. The van der Waals surface area contributed by atoms with Crippen molar-refractivity contribution >= 4 is 17.2 Å². The van der Waals surface area contributed by atoms with Crippen molar-refractivity contribution in [2.45, 2.75) is 32.2 Å². The molecule has 0 spiro atoms. The minimum Gasteiger partial charge on any atom is -0.347 e. The molecule has 1 amide bonds. The van der Waals surface area contributed by atoms with E-state index in [-0.39, 0.29) is 23.7 Å². The minimum absolute atomic E-state index is 0.0236. The Morgan fingerprint density at radius 2 is 2.05 bits per heavy atom. The first-order valence-corrected chi connectivity index (χ1v) is 7.38. The monoisotopic (exact) mass is 292 g/mol. The summed E-state index contributed by atoms with van der Waals surface area (Å²) in [6.07, 6.45) is 2.10. The van der Waals surface area contributed by atoms with E-state index < -0.39 is 0 Å². The van der Waals surface area contributed by atoms with Crippen LogP contribution in [0.4, 0.5) is 4.39 Å². The number of amides is 1. The van der Waals surface area contributed by atoms with Crippen LogP contribution in [0.1, 0.15) is 42.8 Å². The number of hydrogen-bond donors (Lipinski definition) is 1. The van der Waals surface area contributed by atoms with Crippen molar-refractivity contribution < 1.29 is 9.18 Å². The van der Waals surface area contributed by atoms with Crippen molar-refractivity contribution in [3.05, 3.63) is 52.2 Å². The van der Waals surface area contributed by atoms with Crippen LogP contribution in [-0.4, -0.2) is 10.9 Å². The molecule has 0 aliphatic rings. The fourth-order valence-electron chi connectivity index (χ4n) is 2.00. The first-order chi connectivity index (χ1) is 9.56. The number of benzene rings is 1. The molecule has 2 rings (SSSR count). The zero-order chi connectivity index (χ0) is 14.5. The summed E-state index contributed by atoms with van der Waals surface area (Å²) < 4.78 is 12.9. The highest BCUT2D eigenvalue weighted by Gasteiger charge is 2.15. The Labute approximate surface area is 121 Å². The van der Waals surface area contributed by atoms with Gasteiger partial charge in [-0.2, -0.15) is 0 Å². The van der Waals surface area contributed by atoms with Gasteiger partial charge in [0.2, 0.25) is 5.91 Å². The van der Waals surface area contributed by atoms with Crippen molar-refractivity contribution in [3.8, 4) is 0 Å². The second-order valence-electron chi connectivity index (χ2n) is 4.82. The highest BCUT2D eigenvalue weighted by molar-refractivity contribution is 7.09. The van der Waals surface area contributed by atoms with Crippen LogP contribution in [-0.2, 0) is 4.79 Å². The van der Waals surface area contributed by atoms with E-state index in [0.29, 0.717) is 6.42 Å². The molecule has 0 bridgehead atoms. The van der Waals surface area contributed by atoms with E-state index in [1.54, 1.807) is 18.3 Å². The molecule has 5 heteroatoms. The summed E-state index contributed by atoms with van der Waals surface area (Å²) >= 11 is 1.52. The average Bonchev–Trinajstić information content (AvgIpc) is 2.93. The van der Waals surface area contributed by atoms with E-state index in [1.807, 2.05) is 19.2 Å². The van der Waals surface area contributed by atoms with Crippen LogP contribution < -0.4 is 5.32 Å². The van der Waals surface area contributed by atoms with Crippen molar-refractivity contribution in [3.63, 3.8) is 0 Å². The molecule has 0 aliphatic heterocycles. The molecular weight excluding hydrogens is 275 g/mol. The number of nitrogens with zero attached hydrogens (tertiary/aromatic N) is 1. The number of rotatable bonds is 5. The second kappa shape index (κ2) is 6.61. The molecule has 1 N–H and O–H groups in total. The number of halogens is 1. The minimum atomic E-state index is -0.261. The van der Waals surface area contributed by atoms with Gasteiger partial charge in [-0.25, -0.2) is 9.37 Å². The van der Waals surface area contributed by atoms with Crippen LogP contribution in [0, 0.1) is 5.82 Å². The van der Waals surface area contributed by atoms with Crippen molar-refractivity contribution in [1.29, 1.82) is 0 Å². The van der Waals surface area contributed by atoms with E-state index in [2.05, 4.69) is 10.3 Å². The topological polar surface area (TPSA) is 42.0 Å². The molecule has 0 saturated heterocycles. The summed E-state index contributed by atoms with van der Waals surface area (Å²) in [6, 6.07) is 6.20. The molecule has 1 unspecified atom stereocenters. The lowest BCUT2D eigenvalue weighted by molar-refractivity contribution is -0.122. The molecule has 1 aromatic carbocycles. The van der Waals surface area contributed by atoms with Gasteiger partial charge in [-0.3, -0.25) is 4.79 Å². The molecule has 0 fully saturated rings. The number of carbonyl (C=O) groups excluding carboxylic acids is 1. The molecule has 0 aliphatic carbocycles. The molecule has 1 aromatic heterocycles. The number of nitrogens with one attached hydrogen (secondary N) is 1. The van der Waals surface area contributed by atoms with Crippen LogP contribution in [0.25, 0.3) is 0 Å². The quantitative estimate of drug-likeness (QED) is 0.914. The lowest BCUT2D eigenvalue weighted by atomic mass is 9.97. The van der Waals surface area contributed by atoms with Gasteiger partial charge >= 0.3 is 0 Å².